The van der Waals surface area contributed by atoms with Crippen LogP contribution in [0.5, 0.6) is 0 Å². The van der Waals surface area contributed by atoms with Crippen molar-refractivity contribution in [2.45, 2.75) is 26.7 Å². The molecule has 1 heterocycles. The molecule has 0 N–H and O–H groups in total. The van der Waals surface area contributed by atoms with Gasteiger partial charge in [0, 0.05) is 17.3 Å². The van der Waals surface area contributed by atoms with Crippen LogP contribution in [0.1, 0.15) is 36.6 Å². The van der Waals surface area contributed by atoms with Crippen LogP contribution in [0.4, 0.5) is 4.39 Å². The first-order valence-corrected chi connectivity index (χ1v) is 6.50. The van der Waals surface area contributed by atoms with Crippen molar-refractivity contribution in [1.29, 1.82) is 0 Å². The Balaban J connectivity index is 2.67. The van der Waals surface area contributed by atoms with E-state index >= 15 is 0 Å². The smallest absolute Gasteiger partial charge is 0.147 e. The first kappa shape index (κ1) is 13.8. The number of rotatable bonds is 3. The SMILES string of the molecule is C=Cc1cn(-c2ccc(Cl)c(F)c2C(C)C)nc1C. The van der Waals surface area contributed by atoms with Gasteiger partial charge < -0.3 is 0 Å². The molecule has 0 saturated heterocycles. The second-order valence-electron chi connectivity index (χ2n) is 4.77. The van der Waals surface area contributed by atoms with Gasteiger partial charge in [0.2, 0.25) is 0 Å². The van der Waals surface area contributed by atoms with E-state index in [1.807, 2.05) is 27.0 Å². The standard InChI is InChI=1S/C15H16ClFN2/c1-5-11-8-19(18-10(11)4)13-7-6-12(16)15(17)14(13)9(2)3/h5-9H,1H2,2-4H3. The van der Waals surface area contributed by atoms with Gasteiger partial charge in [0.1, 0.15) is 5.82 Å². The van der Waals surface area contributed by atoms with Gasteiger partial charge in [-0.05, 0) is 25.0 Å². The van der Waals surface area contributed by atoms with E-state index in [4.69, 9.17) is 11.6 Å². The molecule has 0 aliphatic rings. The fourth-order valence-electron chi connectivity index (χ4n) is 2.10. The van der Waals surface area contributed by atoms with Crippen molar-refractivity contribution in [3.8, 4) is 5.69 Å². The first-order chi connectivity index (χ1) is 8.95. The predicted octanol–water partition coefficient (Wildman–Crippen LogP) is 4.74. The molecule has 2 rings (SSSR count). The Kier molecular flexibility index (Phi) is 3.76. The minimum Gasteiger partial charge on any atom is -0.240 e. The zero-order valence-corrected chi connectivity index (χ0v) is 12.0. The highest BCUT2D eigenvalue weighted by Crippen LogP contribution is 2.30. The van der Waals surface area contributed by atoms with Gasteiger partial charge >= 0.3 is 0 Å². The van der Waals surface area contributed by atoms with Gasteiger partial charge in [0.05, 0.1) is 16.4 Å². The predicted molar refractivity (Wildman–Crippen MR) is 77.4 cm³/mol. The Morgan fingerprint density at radius 1 is 1.42 bits per heavy atom. The number of benzene rings is 1. The fraction of sp³-hybridized carbons (Fsp3) is 0.267. The summed E-state index contributed by atoms with van der Waals surface area (Å²) in [7, 11) is 0. The lowest BCUT2D eigenvalue weighted by molar-refractivity contribution is 0.594. The second kappa shape index (κ2) is 5.17. The van der Waals surface area contributed by atoms with E-state index in [1.165, 1.54) is 0 Å². The molecule has 0 fully saturated rings. The molecular weight excluding hydrogens is 263 g/mol. The van der Waals surface area contributed by atoms with E-state index < -0.39 is 0 Å². The number of aryl methyl sites for hydroxylation is 1. The minimum absolute atomic E-state index is 0.0189. The molecule has 19 heavy (non-hydrogen) atoms. The van der Waals surface area contributed by atoms with Crippen LogP contribution >= 0.6 is 11.6 Å². The molecule has 1 aromatic heterocycles. The molecule has 0 saturated carbocycles. The summed E-state index contributed by atoms with van der Waals surface area (Å²) in [4.78, 5) is 0. The Morgan fingerprint density at radius 3 is 2.63 bits per heavy atom. The van der Waals surface area contributed by atoms with E-state index in [2.05, 4.69) is 11.7 Å². The maximum Gasteiger partial charge on any atom is 0.147 e. The second-order valence-corrected chi connectivity index (χ2v) is 5.17. The van der Waals surface area contributed by atoms with Gasteiger partial charge in [-0.1, -0.05) is 38.1 Å². The summed E-state index contributed by atoms with van der Waals surface area (Å²) in [6.45, 7) is 9.50. The van der Waals surface area contributed by atoms with Crippen LogP contribution in [0.25, 0.3) is 11.8 Å². The third-order valence-electron chi connectivity index (χ3n) is 3.09. The lowest BCUT2D eigenvalue weighted by atomic mass is 10.0. The summed E-state index contributed by atoms with van der Waals surface area (Å²) < 4.78 is 15.9. The Bertz CT molecular complexity index is 629. The molecule has 2 aromatic rings. The Morgan fingerprint density at radius 2 is 2.11 bits per heavy atom. The van der Waals surface area contributed by atoms with Crippen LogP contribution in [-0.2, 0) is 0 Å². The van der Waals surface area contributed by atoms with Crippen molar-refractivity contribution in [3.05, 3.63) is 52.6 Å². The normalized spacial score (nSPS) is 11.1. The molecule has 0 bridgehead atoms. The Hall–Kier alpha value is -1.61. The number of nitrogens with zero attached hydrogens (tertiary/aromatic N) is 2. The lowest BCUT2D eigenvalue weighted by Crippen LogP contribution is -2.05. The summed E-state index contributed by atoms with van der Waals surface area (Å²) >= 11 is 5.86. The summed E-state index contributed by atoms with van der Waals surface area (Å²) in [6, 6.07) is 3.35. The van der Waals surface area contributed by atoms with Crippen molar-refractivity contribution < 1.29 is 4.39 Å². The quantitative estimate of drug-likeness (QED) is 0.793. The zero-order valence-electron chi connectivity index (χ0n) is 11.2. The number of hydrogen-bond acceptors (Lipinski definition) is 1. The van der Waals surface area contributed by atoms with E-state index in [0.29, 0.717) is 11.3 Å². The molecule has 100 valence electrons. The topological polar surface area (TPSA) is 17.8 Å². The van der Waals surface area contributed by atoms with Crippen molar-refractivity contribution in [2.24, 2.45) is 0 Å². The van der Waals surface area contributed by atoms with Crippen LogP contribution in [0.15, 0.2) is 24.9 Å². The average Bonchev–Trinajstić information content (AvgIpc) is 2.73. The van der Waals surface area contributed by atoms with E-state index in [0.717, 1.165) is 11.3 Å². The summed E-state index contributed by atoms with van der Waals surface area (Å²) in [5.74, 6) is -0.354. The third-order valence-corrected chi connectivity index (χ3v) is 3.38. The van der Waals surface area contributed by atoms with Crippen molar-refractivity contribution in [1.82, 2.24) is 9.78 Å². The highest BCUT2D eigenvalue weighted by molar-refractivity contribution is 6.30. The minimum atomic E-state index is -0.373. The maximum atomic E-state index is 14.2. The van der Waals surface area contributed by atoms with Crippen molar-refractivity contribution in [2.75, 3.05) is 0 Å². The van der Waals surface area contributed by atoms with Crippen LogP contribution in [-0.4, -0.2) is 9.78 Å². The molecule has 2 nitrogen and oxygen atoms in total. The summed E-state index contributed by atoms with van der Waals surface area (Å²) in [5, 5.41) is 4.54. The Labute approximate surface area is 117 Å². The molecule has 0 aliphatic heterocycles. The van der Waals surface area contributed by atoms with Crippen LogP contribution in [0, 0.1) is 12.7 Å². The van der Waals surface area contributed by atoms with Crippen molar-refractivity contribution >= 4 is 17.7 Å². The molecule has 0 spiro atoms. The van der Waals surface area contributed by atoms with E-state index in [1.54, 1.807) is 22.9 Å². The monoisotopic (exact) mass is 278 g/mol. The van der Waals surface area contributed by atoms with Crippen LogP contribution in [0.2, 0.25) is 5.02 Å². The van der Waals surface area contributed by atoms with E-state index in [-0.39, 0.29) is 16.8 Å². The molecule has 0 aliphatic carbocycles. The lowest BCUT2D eigenvalue weighted by Gasteiger charge is -2.14. The van der Waals surface area contributed by atoms with Gasteiger partial charge in [-0.25, -0.2) is 9.07 Å². The van der Waals surface area contributed by atoms with Gasteiger partial charge in [0.25, 0.3) is 0 Å². The number of hydrogen-bond donors (Lipinski definition) is 0. The van der Waals surface area contributed by atoms with Gasteiger partial charge in [-0.3, -0.25) is 0 Å². The first-order valence-electron chi connectivity index (χ1n) is 6.12. The van der Waals surface area contributed by atoms with Crippen molar-refractivity contribution in [3.63, 3.8) is 0 Å². The summed E-state index contributed by atoms with van der Waals surface area (Å²) in [6.07, 6.45) is 3.58. The summed E-state index contributed by atoms with van der Waals surface area (Å²) in [5.41, 5.74) is 3.09. The van der Waals surface area contributed by atoms with Gasteiger partial charge in [-0.2, -0.15) is 5.10 Å². The highest BCUT2D eigenvalue weighted by atomic mass is 35.5. The zero-order chi connectivity index (χ0) is 14.2. The fourth-order valence-corrected chi connectivity index (χ4v) is 2.27. The number of halogens is 2. The molecule has 0 unspecified atom stereocenters. The highest BCUT2D eigenvalue weighted by Gasteiger charge is 2.17. The molecule has 0 radical (unpaired) electrons. The van der Waals surface area contributed by atoms with Gasteiger partial charge in [0.15, 0.2) is 0 Å². The molecular formula is C15H16ClFN2. The average molecular weight is 279 g/mol. The number of aromatic nitrogens is 2. The molecule has 4 heteroatoms. The third kappa shape index (κ3) is 2.43. The van der Waals surface area contributed by atoms with Gasteiger partial charge in [-0.15, -0.1) is 0 Å². The largest absolute Gasteiger partial charge is 0.240 e. The molecule has 0 amide bonds. The molecule has 0 atom stereocenters. The van der Waals surface area contributed by atoms with Crippen LogP contribution < -0.4 is 0 Å². The van der Waals surface area contributed by atoms with Crippen LogP contribution in [0.3, 0.4) is 0 Å². The molecule has 1 aromatic carbocycles. The van der Waals surface area contributed by atoms with E-state index in [9.17, 15) is 4.39 Å². The maximum absolute atomic E-state index is 14.2.